The molecule has 0 bridgehead atoms. The predicted molar refractivity (Wildman–Crippen MR) is 157 cm³/mol. The molecule has 0 spiro atoms. The van der Waals surface area contributed by atoms with Crippen molar-refractivity contribution in [3.8, 4) is 33.9 Å². The van der Waals surface area contributed by atoms with Crippen molar-refractivity contribution in [3.63, 3.8) is 0 Å². The highest BCUT2D eigenvalue weighted by atomic mass is 32.2. The van der Waals surface area contributed by atoms with Gasteiger partial charge in [0.25, 0.3) is 0 Å². The normalized spacial score (nSPS) is 12.7. The van der Waals surface area contributed by atoms with Crippen LogP contribution in [0, 0.1) is 11.6 Å². The molecule has 0 aliphatic carbocycles. The number of sulfonamides is 1. The summed E-state index contributed by atoms with van der Waals surface area (Å²) in [7, 11) is -3.49. The van der Waals surface area contributed by atoms with Crippen molar-refractivity contribution in [1.82, 2.24) is 39.8 Å². The van der Waals surface area contributed by atoms with Crippen LogP contribution in [0.2, 0.25) is 0 Å². The Labute approximate surface area is 243 Å². The molecule has 5 heterocycles. The standard InChI is InChI=1S/C28H25F2N9O3S/c1-3-21(40)35-18-9-16(11-31-12-18)19-13-33-27-22(23(19)30)26(38-39-27)28-36-20-4-5-32-24(25(20)37-28)15-6-14(7-17(29)8-15)10-34-43(2,41)42/h4-9,11-13,21,34-35,40H,3,10H2,1-2H3,(H,36,37)(H,33,38,39). The van der Waals surface area contributed by atoms with Crippen molar-refractivity contribution >= 4 is 37.8 Å². The Hall–Kier alpha value is -4.86. The Balaban J connectivity index is 1.42. The van der Waals surface area contributed by atoms with Gasteiger partial charge in [0, 0.05) is 41.8 Å². The Morgan fingerprint density at radius 1 is 1.07 bits per heavy atom. The van der Waals surface area contributed by atoms with E-state index >= 15 is 4.39 Å². The molecule has 1 unspecified atom stereocenters. The first-order valence-corrected chi connectivity index (χ1v) is 15.0. The van der Waals surface area contributed by atoms with E-state index in [4.69, 9.17) is 0 Å². The number of aliphatic hydroxyl groups is 1. The van der Waals surface area contributed by atoms with Crippen molar-refractivity contribution in [1.29, 1.82) is 0 Å². The number of pyridine rings is 3. The number of hydrogen-bond acceptors (Lipinski definition) is 9. The lowest BCUT2D eigenvalue weighted by atomic mass is 10.1. The summed E-state index contributed by atoms with van der Waals surface area (Å²) in [5.74, 6) is -0.925. The Bertz CT molecular complexity index is 2100. The van der Waals surface area contributed by atoms with Crippen LogP contribution in [0.5, 0.6) is 0 Å². The summed E-state index contributed by atoms with van der Waals surface area (Å²) < 4.78 is 56.1. The summed E-state index contributed by atoms with van der Waals surface area (Å²) >= 11 is 0. The van der Waals surface area contributed by atoms with Crippen molar-refractivity contribution in [2.45, 2.75) is 26.1 Å². The summed E-state index contributed by atoms with van der Waals surface area (Å²) in [6.07, 6.45) is 6.62. The van der Waals surface area contributed by atoms with E-state index in [0.29, 0.717) is 45.5 Å². The molecule has 5 N–H and O–H groups in total. The minimum Gasteiger partial charge on any atom is -0.374 e. The zero-order chi connectivity index (χ0) is 30.3. The highest BCUT2D eigenvalue weighted by Crippen LogP contribution is 2.34. The molecule has 1 aromatic carbocycles. The Morgan fingerprint density at radius 2 is 1.91 bits per heavy atom. The lowest BCUT2D eigenvalue weighted by molar-refractivity contribution is 0.199. The van der Waals surface area contributed by atoms with Crippen LogP contribution in [-0.2, 0) is 16.6 Å². The zero-order valence-corrected chi connectivity index (χ0v) is 23.7. The average molecular weight is 606 g/mol. The molecule has 15 heteroatoms. The molecule has 43 heavy (non-hydrogen) atoms. The summed E-state index contributed by atoms with van der Waals surface area (Å²) in [5, 5.41) is 19.9. The van der Waals surface area contributed by atoms with Gasteiger partial charge >= 0.3 is 0 Å². The summed E-state index contributed by atoms with van der Waals surface area (Å²) in [4.78, 5) is 20.7. The van der Waals surface area contributed by atoms with Crippen LogP contribution in [0.15, 0.2) is 55.1 Å². The fourth-order valence-electron chi connectivity index (χ4n) is 4.65. The second-order valence-electron chi connectivity index (χ2n) is 9.90. The molecule has 1 atom stereocenters. The molecular formula is C28H25F2N9O3S. The number of benzene rings is 1. The van der Waals surface area contributed by atoms with Crippen molar-refractivity contribution < 1.29 is 22.3 Å². The largest absolute Gasteiger partial charge is 0.374 e. The SMILES string of the molecule is CCC(O)Nc1cncc(-c2cnc3n[nH]c(-c4nc5c(-c6cc(F)cc(CNS(C)(=O)=O)c6)nccc5[nH]4)c3c2F)c1. The van der Waals surface area contributed by atoms with Crippen molar-refractivity contribution in [2.75, 3.05) is 11.6 Å². The first kappa shape index (κ1) is 28.3. The molecule has 0 aliphatic heterocycles. The number of hydrogen-bond donors (Lipinski definition) is 5. The first-order valence-electron chi connectivity index (χ1n) is 13.1. The van der Waals surface area contributed by atoms with Gasteiger partial charge in [0.05, 0.1) is 34.7 Å². The third kappa shape index (κ3) is 5.77. The van der Waals surface area contributed by atoms with Gasteiger partial charge < -0.3 is 15.4 Å². The quantitative estimate of drug-likeness (QED) is 0.152. The maximum absolute atomic E-state index is 16.1. The van der Waals surface area contributed by atoms with Crippen molar-refractivity contribution in [3.05, 3.63) is 72.3 Å². The number of nitrogens with one attached hydrogen (secondary N) is 4. The van der Waals surface area contributed by atoms with Gasteiger partial charge in [0.2, 0.25) is 10.0 Å². The minimum absolute atomic E-state index is 0.0953. The number of aliphatic hydroxyl groups excluding tert-OH is 1. The lowest BCUT2D eigenvalue weighted by Gasteiger charge is -2.12. The maximum atomic E-state index is 16.1. The number of imidazole rings is 1. The summed E-state index contributed by atoms with van der Waals surface area (Å²) in [6.45, 7) is 1.72. The third-order valence-corrected chi connectivity index (χ3v) is 7.36. The van der Waals surface area contributed by atoms with Gasteiger partial charge in [-0.05, 0) is 42.3 Å². The maximum Gasteiger partial charge on any atom is 0.209 e. The fourth-order valence-corrected chi connectivity index (χ4v) is 5.08. The van der Waals surface area contributed by atoms with E-state index in [0.717, 1.165) is 6.26 Å². The molecule has 0 saturated carbocycles. The van der Waals surface area contributed by atoms with Crippen LogP contribution >= 0.6 is 0 Å². The van der Waals surface area contributed by atoms with Crippen LogP contribution < -0.4 is 10.0 Å². The molecule has 5 aromatic heterocycles. The number of nitrogens with zero attached hydrogens (tertiary/aromatic N) is 5. The fraction of sp³-hybridized carbons (Fsp3) is 0.179. The number of fused-ring (bicyclic) bond motifs is 2. The number of aromatic amines is 2. The van der Waals surface area contributed by atoms with E-state index < -0.39 is 27.9 Å². The van der Waals surface area contributed by atoms with E-state index in [1.54, 1.807) is 18.2 Å². The molecule has 0 amide bonds. The van der Waals surface area contributed by atoms with E-state index in [1.165, 1.54) is 36.9 Å². The molecule has 6 rings (SSSR count). The monoisotopic (exact) mass is 605 g/mol. The Morgan fingerprint density at radius 3 is 2.70 bits per heavy atom. The third-order valence-electron chi connectivity index (χ3n) is 6.70. The molecule has 220 valence electrons. The van der Waals surface area contributed by atoms with Gasteiger partial charge in [-0.25, -0.2) is 31.9 Å². The number of rotatable bonds is 9. The van der Waals surface area contributed by atoms with Crippen LogP contribution in [0.1, 0.15) is 18.9 Å². The molecule has 0 fully saturated rings. The predicted octanol–water partition coefficient (Wildman–Crippen LogP) is 4.09. The molecule has 0 aliphatic rings. The smallest absolute Gasteiger partial charge is 0.209 e. The zero-order valence-electron chi connectivity index (χ0n) is 22.9. The number of aromatic nitrogens is 7. The second kappa shape index (κ2) is 11.1. The topological polar surface area (TPSA) is 174 Å². The van der Waals surface area contributed by atoms with Gasteiger partial charge in [-0.1, -0.05) is 6.92 Å². The number of H-pyrrole nitrogens is 2. The van der Waals surface area contributed by atoms with E-state index in [9.17, 15) is 17.9 Å². The molecule has 0 saturated heterocycles. The summed E-state index contributed by atoms with van der Waals surface area (Å²) in [5.41, 5.74) is 3.55. The van der Waals surface area contributed by atoms with E-state index in [2.05, 4.69) is 45.2 Å². The number of anilines is 1. The first-order chi connectivity index (χ1) is 20.6. The highest BCUT2D eigenvalue weighted by molar-refractivity contribution is 7.88. The highest BCUT2D eigenvalue weighted by Gasteiger charge is 2.22. The number of halogens is 2. The molecule has 0 radical (unpaired) electrons. The van der Waals surface area contributed by atoms with E-state index in [-0.39, 0.29) is 34.7 Å². The van der Waals surface area contributed by atoms with E-state index in [1.807, 2.05) is 6.92 Å². The van der Waals surface area contributed by atoms with Crippen LogP contribution in [-0.4, -0.2) is 61.1 Å². The van der Waals surface area contributed by atoms with Crippen molar-refractivity contribution in [2.24, 2.45) is 0 Å². The van der Waals surface area contributed by atoms with Gasteiger partial charge in [0.1, 0.15) is 29.1 Å². The minimum atomic E-state index is -3.49. The molecular weight excluding hydrogens is 580 g/mol. The lowest BCUT2D eigenvalue weighted by Crippen LogP contribution is -2.21. The average Bonchev–Trinajstić information content (AvgIpc) is 3.60. The van der Waals surface area contributed by atoms with Crippen LogP contribution in [0.25, 0.3) is 56.0 Å². The van der Waals surface area contributed by atoms with Crippen LogP contribution in [0.3, 0.4) is 0 Å². The van der Waals surface area contributed by atoms with Gasteiger partial charge in [-0.2, -0.15) is 5.10 Å². The van der Waals surface area contributed by atoms with Crippen LogP contribution in [0.4, 0.5) is 14.5 Å². The Kier molecular flexibility index (Phi) is 7.29. The van der Waals surface area contributed by atoms with Gasteiger partial charge in [-0.15, -0.1) is 0 Å². The molecule has 6 aromatic rings. The molecule has 12 nitrogen and oxygen atoms in total. The second-order valence-corrected chi connectivity index (χ2v) is 11.7. The summed E-state index contributed by atoms with van der Waals surface area (Å²) in [6, 6.07) is 7.46. The van der Waals surface area contributed by atoms with Gasteiger partial charge in [-0.3, -0.25) is 15.1 Å². The van der Waals surface area contributed by atoms with Gasteiger partial charge in [0.15, 0.2) is 11.5 Å².